The normalized spacial score (nSPS) is 10.1. The number of rotatable bonds is 1. The van der Waals surface area contributed by atoms with Gasteiger partial charge in [0.25, 0.3) is 0 Å². The Kier molecular flexibility index (Phi) is 2.14. The van der Waals surface area contributed by atoms with Gasteiger partial charge < -0.3 is 5.21 Å². The first-order chi connectivity index (χ1) is 6.79. The number of hydrogen-bond acceptors (Lipinski definition) is 2. The maximum absolute atomic E-state index is 11.3. The summed E-state index contributed by atoms with van der Waals surface area (Å²) < 4.78 is 0.829. The van der Waals surface area contributed by atoms with Gasteiger partial charge in [0.15, 0.2) is 6.20 Å². The number of hydrogen-bond donors (Lipinski definition) is 0. The summed E-state index contributed by atoms with van der Waals surface area (Å²) in [7, 11) is 0. The lowest BCUT2D eigenvalue weighted by Gasteiger charge is -2.04. The van der Waals surface area contributed by atoms with Crippen LogP contribution < -0.4 is 4.73 Å². The van der Waals surface area contributed by atoms with E-state index in [2.05, 4.69) is 4.98 Å². The van der Waals surface area contributed by atoms with Gasteiger partial charge in [-0.25, -0.2) is 4.98 Å². The molecule has 0 saturated heterocycles. The van der Waals surface area contributed by atoms with E-state index in [4.69, 9.17) is 0 Å². The average Bonchev–Trinajstić information content (AvgIpc) is 2.23. The molecule has 0 N–H and O–H groups in total. The highest BCUT2D eigenvalue weighted by Gasteiger charge is 2.09. The van der Waals surface area contributed by atoms with Crippen molar-refractivity contribution in [3.05, 3.63) is 53.6 Å². The van der Waals surface area contributed by atoms with Crippen LogP contribution in [0.3, 0.4) is 0 Å². The third-order valence-corrected chi connectivity index (χ3v) is 2.13. The lowest BCUT2D eigenvalue weighted by Crippen LogP contribution is -2.30. The summed E-state index contributed by atoms with van der Waals surface area (Å²) in [5, 5.41) is 11.3. The summed E-state index contributed by atoms with van der Waals surface area (Å²) in [6.07, 6.45) is 2.92. The molecule has 0 aliphatic rings. The molecule has 1 aromatic heterocycles. The minimum absolute atomic E-state index is 0.624. The fourth-order valence-corrected chi connectivity index (χ4v) is 1.36. The van der Waals surface area contributed by atoms with Crippen LogP contribution in [0.15, 0.2) is 42.7 Å². The Morgan fingerprint density at radius 2 is 1.93 bits per heavy atom. The van der Waals surface area contributed by atoms with Crippen LogP contribution in [0.25, 0.3) is 11.3 Å². The van der Waals surface area contributed by atoms with E-state index in [1.54, 1.807) is 6.92 Å². The zero-order valence-electron chi connectivity index (χ0n) is 7.84. The second kappa shape index (κ2) is 3.46. The molecule has 14 heavy (non-hydrogen) atoms. The first kappa shape index (κ1) is 8.69. The molecule has 0 saturated carbocycles. The fraction of sp³-hybridized carbons (Fsp3) is 0.0909. The molecule has 0 amide bonds. The summed E-state index contributed by atoms with van der Waals surface area (Å²) in [5.74, 6) is 0. The summed E-state index contributed by atoms with van der Waals surface area (Å²) in [6.45, 7) is 1.77. The van der Waals surface area contributed by atoms with Crippen LogP contribution in [-0.2, 0) is 0 Å². The summed E-state index contributed by atoms with van der Waals surface area (Å²) in [5.41, 5.74) is 2.33. The molecule has 1 aromatic carbocycles. The smallest absolute Gasteiger partial charge is 0.215 e. The standard InChI is InChI=1S/C11H10N2O/c1-9-11(12-7-8-13(9)14)10-5-3-2-4-6-10/h2-8H,1H3. The minimum Gasteiger partial charge on any atom is -0.618 e. The van der Waals surface area contributed by atoms with Crippen molar-refractivity contribution in [1.82, 2.24) is 4.98 Å². The SMILES string of the molecule is Cc1c(-c2ccccc2)ncc[n+]1[O-]. The molecule has 0 atom stereocenters. The van der Waals surface area contributed by atoms with Crippen LogP contribution in [0, 0.1) is 12.1 Å². The Morgan fingerprint density at radius 3 is 2.64 bits per heavy atom. The largest absolute Gasteiger partial charge is 0.618 e. The molecule has 2 rings (SSSR count). The maximum Gasteiger partial charge on any atom is 0.215 e. The Hall–Kier alpha value is -1.90. The lowest BCUT2D eigenvalue weighted by molar-refractivity contribution is -0.612. The second-order valence-electron chi connectivity index (χ2n) is 3.05. The molecule has 0 fully saturated rings. The predicted octanol–water partition coefficient (Wildman–Crippen LogP) is 1.69. The molecule has 1 heterocycles. The van der Waals surface area contributed by atoms with Gasteiger partial charge in [0.2, 0.25) is 5.69 Å². The van der Waals surface area contributed by atoms with Gasteiger partial charge in [-0.2, -0.15) is 4.73 Å². The van der Waals surface area contributed by atoms with Gasteiger partial charge >= 0.3 is 0 Å². The Balaban J connectivity index is 2.58. The van der Waals surface area contributed by atoms with Gasteiger partial charge in [-0.3, -0.25) is 0 Å². The highest BCUT2D eigenvalue weighted by molar-refractivity contribution is 5.59. The van der Waals surface area contributed by atoms with Gasteiger partial charge in [0.1, 0.15) is 5.69 Å². The third kappa shape index (κ3) is 1.44. The van der Waals surface area contributed by atoms with Gasteiger partial charge in [-0.1, -0.05) is 30.3 Å². The Bertz CT molecular complexity index is 440. The van der Waals surface area contributed by atoms with Crippen molar-refractivity contribution in [1.29, 1.82) is 0 Å². The fourth-order valence-electron chi connectivity index (χ4n) is 1.36. The topological polar surface area (TPSA) is 39.8 Å². The molecule has 0 spiro atoms. The zero-order valence-corrected chi connectivity index (χ0v) is 7.84. The summed E-state index contributed by atoms with van der Waals surface area (Å²) >= 11 is 0. The lowest BCUT2D eigenvalue weighted by atomic mass is 10.1. The second-order valence-corrected chi connectivity index (χ2v) is 3.05. The summed E-state index contributed by atoms with van der Waals surface area (Å²) in [6, 6.07) is 9.68. The molecule has 3 heteroatoms. The quantitative estimate of drug-likeness (QED) is 0.502. The van der Waals surface area contributed by atoms with Gasteiger partial charge in [-0.05, 0) is 0 Å². The van der Waals surface area contributed by atoms with E-state index in [9.17, 15) is 5.21 Å². The molecule has 3 nitrogen and oxygen atoms in total. The number of aromatic nitrogens is 2. The maximum atomic E-state index is 11.3. The zero-order chi connectivity index (χ0) is 9.97. The van der Waals surface area contributed by atoms with E-state index in [0.717, 1.165) is 16.0 Å². The van der Waals surface area contributed by atoms with Crippen LogP contribution in [0.1, 0.15) is 5.69 Å². The van der Waals surface area contributed by atoms with Crippen molar-refractivity contribution in [2.45, 2.75) is 6.92 Å². The van der Waals surface area contributed by atoms with Crippen molar-refractivity contribution < 1.29 is 4.73 Å². The molecular weight excluding hydrogens is 176 g/mol. The molecule has 0 aliphatic heterocycles. The highest BCUT2D eigenvalue weighted by Crippen LogP contribution is 2.16. The Labute approximate surface area is 82.3 Å². The molecule has 0 bridgehead atoms. The van der Waals surface area contributed by atoms with Crippen molar-refractivity contribution in [3.8, 4) is 11.3 Å². The predicted molar refractivity (Wildman–Crippen MR) is 53.4 cm³/mol. The number of benzene rings is 1. The van der Waals surface area contributed by atoms with Gasteiger partial charge in [0.05, 0.1) is 6.20 Å². The molecule has 0 aliphatic carbocycles. The molecule has 0 radical (unpaired) electrons. The van der Waals surface area contributed by atoms with E-state index in [-0.39, 0.29) is 0 Å². The van der Waals surface area contributed by atoms with Crippen LogP contribution in [0.5, 0.6) is 0 Å². The van der Waals surface area contributed by atoms with Crippen molar-refractivity contribution in [2.75, 3.05) is 0 Å². The van der Waals surface area contributed by atoms with Crippen LogP contribution in [0.4, 0.5) is 0 Å². The van der Waals surface area contributed by atoms with Crippen molar-refractivity contribution >= 4 is 0 Å². The molecular formula is C11H10N2O. The molecule has 2 aromatic rings. The van der Waals surface area contributed by atoms with Crippen LogP contribution >= 0.6 is 0 Å². The van der Waals surface area contributed by atoms with Gasteiger partial charge in [0, 0.05) is 12.5 Å². The van der Waals surface area contributed by atoms with E-state index in [1.807, 2.05) is 30.3 Å². The average molecular weight is 186 g/mol. The van der Waals surface area contributed by atoms with Gasteiger partial charge in [-0.15, -0.1) is 0 Å². The third-order valence-electron chi connectivity index (χ3n) is 2.13. The minimum atomic E-state index is 0.624. The van der Waals surface area contributed by atoms with E-state index in [0.29, 0.717) is 5.69 Å². The molecule has 0 unspecified atom stereocenters. The van der Waals surface area contributed by atoms with Crippen molar-refractivity contribution in [2.24, 2.45) is 0 Å². The number of nitrogens with zero attached hydrogens (tertiary/aromatic N) is 2. The first-order valence-corrected chi connectivity index (χ1v) is 4.39. The van der Waals surface area contributed by atoms with E-state index < -0.39 is 0 Å². The monoisotopic (exact) mass is 186 g/mol. The molecule has 70 valence electrons. The van der Waals surface area contributed by atoms with E-state index >= 15 is 0 Å². The van der Waals surface area contributed by atoms with Crippen molar-refractivity contribution in [3.63, 3.8) is 0 Å². The first-order valence-electron chi connectivity index (χ1n) is 4.39. The summed E-state index contributed by atoms with van der Waals surface area (Å²) in [4.78, 5) is 4.19. The van der Waals surface area contributed by atoms with Crippen LogP contribution in [-0.4, -0.2) is 4.98 Å². The van der Waals surface area contributed by atoms with Crippen LogP contribution in [0.2, 0.25) is 0 Å². The highest BCUT2D eigenvalue weighted by atomic mass is 16.5. The van der Waals surface area contributed by atoms with E-state index in [1.165, 1.54) is 12.4 Å². The Morgan fingerprint density at radius 1 is 1.21 bits per heavy atom.